The van der Waals surface area contributed by atoms with Crippen LogP contribution in [0.4, 0.5) is 5.69 Å². The van der Waals surface area contributed by atoms with E-state index >= 15 is 0 Å². The first-order valence-corrected chi connectivity index (χ1v) is 8.50. The number of hydrogen-bond donors (Lipinski definition) is 0. The fourth-order valence-electron chi connectivity index (χ4n) is 2.39. The Bertz CT molecular complexity index is 610. The third-order valence-electron chi connectivity index (χ3n) is 3.66. The molecular weight excluding hydrogens is 324 g/mol. The number of rotatable bonds is 12. The molecule has 0 aliphatic carbocycles. The highest BCUT2D eigenvalue weighted by molar-refractivity contribution is 5.65. The van der Waals surface area contributed by atoms with Crippen LogP contribution in [0.15, 0.2) is 18.2 Å². The van der Waals surface area contributed by atoms with Crippen LogP contribution in [0.2, 0.25) is 0 Å². The molecule has 0 N–H and O–H groups in total. The van der Waals surface area contributed by atoms with Crippen molar-refractivity contribution in [3.63, 3.8) is 0 Å². The lowest BCUT2D eigenvalue weighted by atomic mass is 10.1. The topological polar surface area (TPSA) is 102 Å². The summed E-state index contributed by atoms with van der Waals surface area (Å²) in [7, 11) is 0. The van der Waals surface area contributed by atoms with E-state index in [1.54, 1.807) is 6.07 Å². The van der Waals surface area contributed by atoms with Crippen LogP contribution in [0.1, 0.15) is 57.4 Å². The Morgan fingerprint density at radius 1 is 1.12 bits per heavy atom. The minimum atomic E-state index is -0.577. The van der Waals surface area contributed by atoms with E-state index in [1.165, 1.54) is 19.1 Å². The zero-order chi connectivity index (χ0) is 18.5. The second-order valence-corrected chi connectivity index (χ2v) is 5.68. The Labute approximate surface area is 147 Å². The van der Waals surface area contributed by atoms with Gasteiger partial charge in [0.25, 0.3) is 5.69 Å². The van der Waals surface area contributed by atoms with E-state index in [1.807, 2.05) is 6.07 Å². The van der Waals surface area contributed by atoms with Gasteiger partial charge in [-0.3, -0.25) is 14.9 Å². The molecule has 0 aliphatic rings. The normalized spacial score (nSPS) is 10.1. The molecule has 0 atom stereocenters. The van der Waals surface area contributed by atoms with E-state index in [0.717, 1.165) is 44.9 Å². The first-order valence-electron chi connectivity index (χ1n) is 8.50. The molecule has 0 bridgehead atoms. The van der Waals surface area contributed by atoms with Gasteiger partial charge in [-0.1, -0.05) is 38.2 Å². The van der Waals surface area contributed by atoms with E-state index in [4.69, 9.17) is 14.7 Å². The minimum absolute atomic E-state index is 0.0275. The fraction of sp³-hybridized carbons (Fsp3) is 0.556. The molecule has 0 amide bonds. The van der Waals surface area contributed by atoms with E-state index in [9.17, 15) is 14.9 Å². The number of nitro benzene ring substituents is 1. The number of unbranched alkanes of at least 4 members (excludes halogenated alkanes) is 6. The van der Waals surface area contributed by atoms with Gasteiger partial charge >= 0.3 is 5.97 Å². The van der Waals surface area contributed by atoms with Crippen LogP contribution in [-0.4, -0.2) is 24.1 Å². The van der Waals surface area contributed by atoms with Crippen molar-refractivity contribution in [1.29, 1.82) is 5.26 Å². The number of nitrogens with zero attached hydrogens (tertiary/aromatic N) is 2. The highest BCUT2D eigenvalue weighted by Crippen LogP contribution is 2.27. The Balaban J connectivity index is 2.15. The summed E-state index contributed by atoms with van der Waals surface area (Å²) in [5.41, 5.74) is -0.256. The molecule has 0 spiro atoms. The molecule has 0 saturated heterocycles. The summed E-state index contributed by atoms with van der Waals surface area (Å²) in [4.78, 5) is 20.9. The molecule has 136 valence electrons. The largest absolute Gasteiger partial charge is 0.492 e. The van der Waals surface area contributed by atoms with Gasteiger partial charge in [-0.25, -0.2) is 0 Å². The van der Waals surface area contributed by atoms with Crippen molar-refractivity contribution in [2.24, 2.45) is 0 Å². The average molecular weight is 348 g/mol. The first-order chi connectivity index (χ1) is 12.1. The molecule has 25 heavy (non-hydrogen) atoms. The van der Waals surface area contributed by atoms with Gasteiger partial charge in [0.05, 0.1) is 18.1 Å². The molecule has 1 rings (SSSR count). The van der Waals surface area contributed by atoms with Gasteiger partial charge in [0.15, 0.2) is 5.56 Å². The molecule has 7 nitrogen and oxygen atoms in total. The summed E-state index contributed by atoms with van der Waals surface area (Å²) in [5.74, 6) is 0.0328. The molecule has 0 aliphatic heterocycles. The van der Waals surface area contributed by atoms with Crippen molar-refractivity contribution in [2.45, 2.75) is 51.9 Å². The number of hydrogen-bond acceptors (Lipinski definition) is 6. The average Bonchev–Trinajstić information content (AvgIpc) is 2.58. The van der Waals surface area contributed by atoms with Crippen LogP contribution in [0, 0.1) is 21.4 Å². The van der Waals surface area contributed by atoms with Crippen LogP contribution >= 0.6 is 0 Å². The lowest BCUT2D eigenvalue weighted by Gasteiger charge is -2.08. The highest BCUT2D eigenvalue weighted by Gasteiger charge is 2.17. The van der Waals surface area contributed by atoms with Crippen LogP contribution in [0.3, 0.4) is 0 Å². The van der Waals surface area contributed by atoms with Gasteiger partial charge in [0.2, 0.25) is 0 Å². The Hall–Kier alpha value is -2.62. The Kier molecular flexibility index (Phi) is 9.68. The van der Waals surface area contributed by atoms with Crippen molar-refractivity contribution >= 4 is 11.7 Å². The van der Waals surface area contributed by atoms with E-state index in [2.05, 4.69) is 0 Å². The van der Waals surface area contributed by atoms with Gasteiger partial charge in [0.1, 0.15) is 11.8 Å². The highest BCUT2D eigenvalue weighted by atomic mass is 16.6. The maximum atomic E-state index is 10.9. The van der Waals surface area contributed by atoms with Gasteiger partial charge in [-0.2, -0.15) is 5.26 Å². The van der Waals surface area contributed by atoms with Crippen LogP contribution < -0.4 is 4.74 Å². The predicted molar refractivity (Wildman–Crippen MR) is 92.3 cm³/mol. The smallest absolute Gasteiger partial charge is 0.302 e. The third-order valence-corrected chi connectivity index (χ3v) is 3.66. The predicted octanol–water partition coefficient (Wildman–Crippen LogP) is 4.14. The SMILES string of the molecule is CC(=O)OCCCCCCCCCOc1cccc([N+](=O)[O-])c1C#N. The van der Waals surface area contributed by atoms with E-state index in [-0.39, 0.29) is 23.0 Å². The van der Waals surface area contributed by atoms with Crippen molar-refractivity contribution in [2.75, 3.05) is 13.2 Å². The Morgan fingerprint density at radius 3 is 2.28 bits per heavy atom. The molecule has 0 saturated carbocycles. The standard InChI is InChI=1S/C18H24N2O5/c1-15(21)24-12-7-5-3-2-4-6-8-13-25-18-11-9-10-17(20(22)23)16(18)14-19/h9-11H,2-8,12-13H2,1H3. The number of nitriles is 1. The minimum Gasteiger partial charge on any atom is -0.492 e. The van der Waals surface area contributed by atoms with Crippen molar-refractivity contribution in [3.05, 3.63) is 33.9 Å². The van der Waals surface area contributed by atoms with Crippen molar-refractivity contribution in [1.82, 2.24) is 0 Å². The molecule has 1 aromatic rings. The first kappa shape index (κ1) is 20.4. The van der Waals surface area contributed by atoms with Crippen molar-refractivity contribution in [3.8, 4) is 11.8 Å². The molecular formula is C18H24N2O5. The van der Waals surface area contributed by atoms with E-state index < -0.39 is 4.92 Å². The number of carbonyl (C=O) groups is 1. The molecule has 0 fully saturated rings. The zero-order valence-electron chi connectivity index (χ0n) is 14.5. The maximum absolute atomic E-state index is 10.9. The fourth-order valence-corrected chi connectivity index (χ4v) is 2.39. The van der Waals surface area contributed by atoms with Gasteiger partial charge in [-0.05, 0) is 18.9 Å². The maximum Gasteiger partial charge on any atom is 0.302 e. The molecule has 0 unspecified atom stereocenters. The van der Waals surface area contributed by atoms with Gasteiger partial charge in [0, 0.05) is 13.0 Å². The molecule has 1 aromatic carbocycles. The molecule has 0 radical (unpaired) electrons. The summed E-state index contributed by atoms with van der Waals surface area (Å²) in [5, 5.41) is 20.0. The number of carbonyl (C=O) groups excluding carboxylic acids is 1. The second kappa shape index (κ2) is 11.8. The number of benzene rings is 1. The van der Waals surface area contributed by atoms with E-state index in [0.29, 0.717) is 13.2 Å². The quantitative estimate of drug-likeness (QED) is 0.243. The monoisotopic (exact) mass is 348 g/mol. The van der Waals surface area contributed by atoms with Gasteiger partial charge < -0.3 is 9.47 Å². The number of nitro groups is 1. The lowest BCUT2D eigenvalue weighted by molar-refractivity contribution is -0.385. The summed E-state index contributed by atoms with van der Waals surface area (Å²) >= 11 is 0. The molecule has 7 heteroatoms. The Morgan fingerprint density at radius 2 is 1.72 bits per heavy atom. The second-order valence-electron chi connectivity index (χ2n) is 5.68. The third kappa shape index (κ3) is 8.15. The van der Waals surface area contributed by atoms with Gasteiger partial charge in [-0.15, -0.1) is 0 Å². The van der Waals surface area contributed by atoms with Crippen LogP contribution in [0.5, 0.6) is 5.75 Å². The summed E-state index contributed by atoms with van der Waals surface area (Å²) in [6, 6.07) is 6.23. The number of esters is 1. The van der Waals surface area contributed by atoms with Crippen LogP contribution in [0.25, 0.3) is 0 Å². The van der Waals surface area contributed by atoms with Crippen LogP contribution in [-0.2, 0) is 9.53 Å². The summed E-state index contributed by atoms with van der Waals surface area (Å²) in [6.45, 7) is 2.34. The summed E-state index contributed by atoms with van der Waals surface area (Å²) in [6.07, 6.45) is 7.07. The lowest BCUT2D eigenvalue weighted by Crippen LogP contribution is -2.01. The molecule has 0 aromatic heterocycles. The summed E-state index contributed by atoms with van der Waals surface area (Å²) < 4.78 is 10.4. The van der Waals surface area contributed by atoms with Crippen molar-refractivity contribution < 1.29 is 19.2 Å². The number of ether oxygens (including phenoxy) is 2. The molecule has 0 heterocycles. The zero-order valence-corrected chi connectivity index (χ0v) is 14.5.